The molecule has 0 aliphatic rings. The van der Waals surface area contributed by atoms with Crippen LogP contribution in [0.4, 0.5) is 17.1 Å². The van der Waals surface area contributed by atoms with Gasteiger partial charge in [-0.25, -0.2) is 0 Å². The minimum absolute atomic E-state index is 0.109. The standard InChI is InChI=1S/C19H23N3.C3H8.2C2H6/c1-19(2,3)18(14-10-6-7-11-15(14)20-4)22-17-13-9-8-12-16(17)21-5;1-3-2;2*1-2/h6-13,21H,4H2,1-3,5H3;3H2,1-2H3;2*1-2H3. The molecule has 0 aromatic heterocycles. The highest BCUT2D eigenvalue weighted by Crippen LogP contribution is 2.33. The van der Waals surface area contributed by atoms with Crippen molar-refractivity contribution in [2.75, 3.05) is 12.4 Å². The summed E-state index contributed by atoms with van der Waals surface area (Å²) in [7, 11) is 1.91. The minimum Gasteiger partial charge on any atom is -0.386 e. The summed E-state index contributed by atoms with van der Waals surface area (Å²) in [4.78, 5) is 9.09. The van der Waals surface area contributed by atoms with Gasteiger partial charge in [0, 0.05) is 18.0 Å². The Balaban J connectivity index is 0. The number of para-hydroxylation sites is 3. The zero-order valence-corrected chi connectivity index (χ0v) is 20.4. The number of nitrogens with zero attached hydrogens (tertiary/aromatic N) is 2. The third kappa shape index (κ3) is 10.1. The molecule has 0 aliphatic heterocycles. The lowest BCUT2D eigenvalue weighted by Gasteiger charge is -2.23. The summed E-state index contributed by atoms with van der Waals surface area (Å²) >= 11 is 0. The molecule has 29 heavy (non-hydrogen) atoms. The van der Waals surface area contributed by atoms with Gasteiger partial charge in [-0.1, -0.05) is 99.1 Å². The molecular weight excluding hydrogens is 354 g/mol. The second-order valence-corrected chi connectivity index (χ2v) is 6.86. The average Bonchev–Trinajstić information content (AvgIpc) is 2.75. The molecule has 0 saturated carbocycles. The van der Waals surface area contributed by atoms with E-state index in [4.69, 9.17) is 4.99 Å². The smallest absolute Gasteiger partial charge is 0.0864 e. The summed E-state index contributed by atoms with van der Waals surface area (Å²) in [5.41, 5.74) is 4.70. The zero-order chi connectivity index (χ0) is 22.9. The van der Waals surface area contributed by atoms with Crippen LogP contribution >= 0.6 is 0 Å². The largest absolute Gasteiger partial charge is 0.386 e. The van der Waals surface area contributed by atoms with E-state index in [-0.39, 0.29) is 5.41 Å². The Bertz CT molecular complexity index is 710. The van der Waals surface area contributed by atoms with Crippen molar-refractivity contribution in [2.45, 2.75) is 68.7 Å². The molecule has 0 atom stereocenters. The number of benzene rings is 2. The van der Waals surface area contributed by atoms with E-state index >= 15 is 0 Å². The maximum absolute atomic E-state index is 4.95. The number of hydrogen-bond acceptors (Lipinski definition) is 3. The molecule has 0 radical (unpaired) electrons. The molecular formula is C26H43N3. The van der Waals surface area contributed by atoms with Crippen LogP contribution in [0.3, 0.4) is 0 Å². The first kappa shape index (κ1) is 28.8. The van der Waals surface area contributed by atoms with Crippen LogP contribution in [0.2, 0.25) is 0 Å². The molecule has 0 saturated heterocycles. The Hall–Kier alpha value is -2.42. The Labute approximate surface area is 180 Å². The molecule has 3 heteroatoms. The number of anilines is 1. The highest BCUT2D eigenvalue weighted by molar-refractivity contribution is 6.09. The van der Waals surface area contributed by atoms with Crippen molar-refractivity contribution < 1.29 is 0 Å². The molecule has 0 spiro atoms. The molecule has 0 unspecified atom stereocenters. The van der Waals surface area contributed by atoms with Crippen LogP contribution in [0.25, 0.3) is 0 Å². The molecule has 0 amide bonds. The van der Waals surface area contributed by atoms with Crippen LogP contribution in [0.15, 0.2) is 58.5 Å². The lowest BCUT2D eigenvalue weighted by atomic mass is 9.84. The molecule has 162 valence electrons. The minimum atomic E-state index is -0.109. The van der Waals surface area contributed by atoms with Crippen LogP contribution in [0.1, 0.15) is 74.3 Å². The van der Waals surface area contributed by atoms with E-state index in [0.29, 0.717) is 0 Å². The van der Waals surface area contributed by atoms with Gasteiger partial charge in [-0.3, -0.25) is 9.98 Å². The van der Waals surface area contributed by atoms with Crippen LogP contribution in [0, 0.1) is 5.41 Å². The van der Waals surface area contributed by atoms with E-state index in [9.17, 15) is 0 Å². The predicted octanol–water partition coefficient (Wildman–Crippen LogP) is 8.70. The summed E-state index contributed by atoms with van der Waals surface area (Å²) in [5.74, 6) is 0. The monoisotopic (exact) mass is 397 g/mol. The fraction of sp³-hybridized carbons (Fsp3) is 0.462. The maximum atomic E-state index is 4.95. The van der Waals surface area contributed by atoms with E-state index in [2.05, 4.69) is 57.7 Å². The number of rotatable bonds is 4. The van der Waals surface area contributed by atoms with Crippen molar-refractivity contribution in [3.8, 4) is 0 Å². The summed E-state index contributed by atoms with van der Waals surface area (Å²) in [6, 6.07) is 16.0. The number of aliphatic imine (C=N–C) groups is 2. The van der Waals surface area contributed by atoms with Gasteiger partial charge in [0.2, 0.25) is 0 Å². The molecule has 2 rings (SSSR count). The maximum Gasteiger partial charge on any atom is 0.0864 e. The predicted molar refractivity (Wildman–Crippen MR) is 136 cm³/mol. The van der Waals surface area contributed by atoms with Crippen molar-refractivity contribution in [1.29, 1.82) is 0 Å². The zero-order valence-electron chi connectivity index (χ0n) is 20.4. The number of hydrogen-bond donors (Lipinski definition) is 1. The quantitative estimate of drug-likeness (QED) is 0.514. The van der Waals surface area contributed by atoms with Crippen molar-refractivity contribution in [3.05, 3.63) is 54.1 Å². The van der Waals surface area contributed by atoms with Gasteiger partial charge in [0.25, 0.3) is 0 Å². The van der Waals surface area contributed by atoms with Crippen molar-refractivity contribution in [2.24, 2.45) is 15.4 Å². The topological polar surface area (TPSA) is 36.8 Å². The van der Waals surface area contributed by atoms with Gasteiger partial charge in [-0.2, -0.15) is 0 Å². The van der Waals surface area contributed by atoms with E-state index < -0.39 is 0 Å². The molecule has 0 bridgehead atoms. The lowest BCUT2D eigenvalue weighted by molar-refractivity contribution is 0.592. The molecule has 3 nitrogen and oxygen atoms in total. The molecule has 2 aromatic rings. The first-order chi connectivity index (χ1) is 13.9. The summed E-state index contributed by atoms with van der Waals surface area (Å²) < 4.78 is 0. The Morgan fingerprint density at radius 1 is 0.862 bits per heavy atom. The Morgan fingerprint density at radius 2 is 1.31 bits per heavy atom. The molecule has 0 fully saturated rings. The lowest BCUT2D eigenvalue weighted by Crippen LogP contribution is -2.21. The SMILES string of the molecule is C=Nc1ccccc1C(=Nc1ccccc1NC)C(C)(C)C.CC.CC.CCC. The van der Waals surface area contributed by atoms with Crippen LogP contribution in [-0.2, 0) is 0 Å². The third-order valence-electron chi connectivity index (χ3n) is 3.45. The Morgan fingerprint density at radius 3 is 1.76 bits per heavy atom. The van der Waals surface area contributed by atoms with E-state index in [1.54, 1.807) is 0 Å². The van der Waals surface area contributed by atoms with Gasteiger partial charge in [-0.15, -0.1) is 0 Å². The third-order valence-corrected chi connectivity index (χ3v) is 3.45. The fourth-order valence-electron chi connectivity index (χ4n) is 2.35. The van der Waals surface area contributed by atoms with E-state index in [0.717, 1.165) is 28.3 Å². The number of nitrogens with one attached hydrogen (secondary N) is 1. The van der Waals surface area contributed by atoms with Crippen LogP contribution in [-0.4, -0.2) is 19.5 Å². The molecule has 1 N–H and O–H groups in total. The van der Waals surface area contributed by atoms with Crippen molar-refractivity contribution >= 4 is 29.5 Å². The van der Waals surface area contributed by atoms with Gasteiger partial charge in [0.05, 0.1) is 22.8 Å². The van der Waals surface area contributed by atoms with Crippen LogP contribution < -0.4 is 5.32 Å². The normalized spacial score (nSPS) is 10.2. The first-order valence-electron chi connectivity index (χ1n) is 10.8. The molecule has 0 aliphatic carbocycles. The van der Waals surface area contributed by atoms with Crippen molar-refractivity contribution in [3.63, 3.8) is 0 Å². The first-order valence-corrected chi connectivity index (χ1v) is 10.8. The van der Waals surface area contributed by atoms with Gasteiger partial charge < -0.3 is 5.32 Å². The molecule has 0 heterocycles. The highest BCUT2D eigenvalue weighted by Gasteiger charge is 2.23. The van der Waals surface area contributed by atoms with Gasteiger partial charge >= 0.3 is 0 Å². The average molecular weight is 398 g/mol. The summed E-state index contributed by atoms with van der Waals surface area (Å²) in [6.07, 6.45) is 1.25. The van der Waals surface area contributed by atoms with E-state index in [1.165, 1.54) is 6.42 Å². The van der Waals surface area contributed by atoms with Gasteiger partial charge in [0.15, 0.2) is 0 Å². The Kier molecular flexibility index (Phi) is 16.4. The van der Waals surface area contributed by atoms with Crippen molar-refractivity contribution in [1.82, 2.24) is 0 Å². The molecule has 2 aromatic carbocycles. The summed E-state index contributed by atoms with van der Waals surface area (Å²) in [6.45, 7) is 22.4. The second kappa shape index (κ2) is 16.5. The highest BCUT2D eigenvalue weighted by atomic mass is 14.9. The second-order valence-electron chi connectivity index (χ2n) is 6.86. The fourth-order valence-corrected chi connectivity index (χ4v) is 2.35. The summed E-state index contributed by atoms with van der Waals surface area (Å²) in [5, 5.41) is 3.19. The van der Waals surface area contributed by atoms with Gasteiger partial charge in [0.1, 0.15) is 0 Å². The van der Waals surface area contributed by atoms with Gasteiger partial charge in [-0.05, 0) is 24.9 Å². The van der Waals surface area contributed by atoms with E-state index in [1.807, 2.05) is 77.2 Å². The van der Waals surface area contributed by atoms with Crippen LogP contribution in [0.5, 0.6) is 0 Å².